The minimum Gasteiger partial charge on any atom is -0.391 e. The molecule has 128 valence electrons. The molecule has 1 fully saturated rings. The summed E-state index contributed by atoms with van der Waals surface area (Å²) in [5, 5.41) is 15.8. The molecule has 2 unspecified atom stereocenters. The molecule has 6 nitrogen and oxygen atoms in total. The molecular weight excluding hydrogens is 316 g/mol. The van der Waals surface area contributed by atoms with E-state index >= 15 is 0 Å². The average Bonchev–Trinajstić information content (AvgIpc) is 3.26. The summed E-state index contributed by atoms with van der Waals surface area (Å²) in [6.45, 7) is 1.79. The van der Waals surface area contributed by atoms with Crippen molar-refractivity contribution in [1.82, 2.24) is 20.2 Å². The molecule has 4 rings (SSSR count). The fourth-order valence-corrected chi connectivity index (χ4v) is 3.19. The predicted molar refractivity (Wildman–Crippen MR) is 95.8 cm³/mol. The van der Waals surface area contributed by atoms with Crippen molar-refractivity contribution in [3.05, 3.63) is 60.4 Å². The summed E-state index contributed by atoms with van der Waals surface area (Å²) in [6, 6.07) is 15.4. The van der Waals surface area contributed by atoms with Crippen molar-refractivity contribution in [2.75, 3.05) is 19.6 Å². The monoisotopic (exact) mass is 336 g/mol. The summed E-state index contributed by atoms with van der Waals surface area (Å²) >= 11 is 0. The first-order valence-corrected chi connectivity index (χ1v) is 8.42. The van der Waals surface area contributed by atoms with Gasteiger partial charge in [-0.1, -0.05) is 12.1 Å². The lowest BCUT2D eigenvalue weighted by Crippen LogP contribution is -2.34. The molecule has 1 aliphatic rings. The standard InChI is InChI=1S/C19H20N4O2/c24-18-11-20-9-14(18)10-21-19(25)13-5-7-15(8-6-13)23-12-22-16-3-1-2-4-17(16)23/h1-8,12,14,18,20,24H,9-11H2,(H,21,25). The van der Waals surface area contributed by atoms with Crippen LogP contribution in [-0.4, -0.2) is 46.3 Å². The molecule has 2 heterocycles. The van der Waals surface area contributed by atoms with Crippen LogP contribution in [0, 0.1) is 5.92 Å². The molecule has 6 heteroatoms. The van der Waals surface area contributed by atoms with Crippen molar-refractivity contribution in [3.63, 3.8) is 0 Å². The van der Waals surface area contributed by atoms with E-state index in [2.05, 4.69) is 15.6 Å². The van der Waals surface area contributed by atoms with E-state index in [1.807, 2.05) is 53.1 Å². The molecule has 2 atom stereocenters. The molecule has 25 heavy (non-hydrogen) atoms. The maximum Gasteiger partial charge on any atom is 0.251 e. The molecule has 2 aromatic carbocycles. The molecule has 1 saturated heterocycles. The zero-order chi connectivity index (χ0) is 17.2. The van der Waals surface area contributed by atoms with E-state index in [4.69, 9.17) is 0 Å². The molecule has 0 spiro atoms. The number of imidazole rings is 1. The number of aromatic nitrogens is 2. The van der Waals surface area contributed by atoms with Crippen LogP contribution in [0.15, 0.2) is 54.9 Å². The van der Waals surface area contributed by atoms with Gasteiger partial charge in [-0.05, 0) is 36.4 Å². The molecule has 1 aromatic heterocycles. The summed E-state index contributed by atoms with van der Waals surface area (Å²) in [6.07, 6.45) is 1.39. The number of nitrogens with zero attached hydrogens (tertiary/aromatic N) is 2. The van der Waals surface area contributed by atoms with Crippen LogP contribution in [0.4, 0.5) is 0 Å². The van der Waals surface area contributed by atoms with Gasteiger partial charge in [0.05, 0.1) is 17.1 Å². The van der Waals surface area contributed by atoms with E-state index in [-0.39, 0.29) is 11.8 Å². The number of nitrogens with one attached hydrogen (secondary N) is 2. The molecule has 0 bridgehead atoms. The highest BCUT2D eigenvalue weighted by Crippen LogP contribution is 2.18. The van der Waals surface area contributed by atoms with Crippen LogP contribution < -0.4 is 10.6 Å². The van der Waals surface area contributed by atoms with Gasteiger partial charge in [-0.3, -0.25) is 9.36 Å². The van der Waals surface area contributed by atoms with Crippen LogP contribution in [0.1, 0.15) is 10.4 Å². The second-order valence-electron chi connectivity index (χ2n) is 6.35. The highest BCUT2D eigenvalue weighted by Gasteiger charge is 2.25. The Labute approximate surface area is 145 Å². The van der Waals surface area contributed by atoms with E-state index in [1.165, 1.54) is 0 Å². The minimum atomic E-state index is -0.391. The molecule has 1 amide bonds. The van der Waals surface area contributed by atoms with Gasteiger partial charge in [-0.25, -0.2) is 4.98 Å². The Hall–Kier alpha value is -2.70. The quantitative estimate of drug-likeness (QED) is 0.672. The van der Waals surface area contributed by atoms with Gasteiger partial charge in [0.2, 0.25) is 0 Å². The summed E-state index contributed by atoms with van der Waals surface area (Å²) in [7, 11) is 0. The molecular formula is C19H20N4O2. The van der Waals surface area contributed by atoms with Gasteiger partial charge in [-0.2, -0.15) is 0 Å². The van der Waals surface area contributed by atoms with Gasteiger partial charge < -0.3 is 15.7 Å². The van der Waals surface area contributed by atoms with Gasteiger partial charge in [0.15, 0.2) is 0 Å². The van der Waals surface area contributed by atoms with Crippen molar-refractivity contribution >= 4 is 16.9 Å². The van der Waals surface area contributed by atoms with E-state index in [9.17, 15) is 9.90 Å². The zero-order valence-corrected chi connectivity index (χ0v) is 13.7. The van der Waals surface area contributed by atoms with Crippen molar-refractivity contribution in [3.8, 4) is 5.69 Å². The molecule has 0 aliphatic carbocycles. The van der Waals surface area contributed by atoms with Crippen molar-refractivity contribution in [2.24, 2.45) is 5.92 Å². The summed E-state index contributed by atoms with van der Waals surface area (Å²) < 4.78 is 2.00. The lowest BCUT2D eigenvalue weighted by molar-refractivity contribution is 0.0927. The Morgan fingerprint density at radius 3 is 2.76 bits per heavy atom. The Kier molecular flexibility index (Phi) is 4.21. The Morgan fingerprint density at radius 1 is 1.20 bits per heavy atom. The summed E-state index contributed by atoms with van der Waals surface area (Å²) in [5.74, 6) is -0.0540. The van der Waals surface area contributed by atoms with Crippen LogP contribution in [0.3, 0.4) is 0 Å². The first kappa shape index (κ1) is 15.8. The van der Waals surface area contributed by atoms with Crippen molar-refractivity contribution in [2.45, 2.75) is 6.10 Å². The normalized spacial score (nSPS) is 20.0. The van der Waals surface area contributed by atoms with E-state index in [0.717, 1.165) is 23.3 Å². The third kappa shape index (κ3) is 3.14. The SMILES string of the molecule is O=C(NCC1CNCC1O)c1ccc(-n2cnc3ccccc32)cc1. The van der Waals surface area contributed by atoms with Gasteiger partial charge in [0.25, 0.3) is 5.91 Å². The number of hydrogen-bond acceptors (Lipinski definition) is 4. The third-order valence-corrected chi connectivity index (χ3v) is 4.69. The molecule has 3 N–H and O–H groups in total. The number of β-amino-alcohol motifs (C(OH)–C–C–N with tert-alkyl or cyclic N) is 1. The first-order chi connectivity index (χ1) is 12.2. The van der Waals surface area contributed by atoms with E-state index < -0.39 is 6.10 Å². The first-order valence-electron chi connectivity index (χ1n) is 8.42. The molecule has 3 aromatic rings. The number of benzene rings is 2. The molecule has 0 radical (unpaired) electrons. The molecule has 1 aliphatic heterocycles. The number of aliphatic hydroxyl groups is 1. The largest absolute Gasteiger partial charge is 0.391 e. The number of fused-ring (bicyclic) bond motifs is 1. The lowest BCUT2D eigenvalue weighted by Gasteiger charge is -2.14. The fourth-order valence-electron chi connectivity index (χ4n) is 3.19. The molecule has 0 saturated carbocycles. The van der Waals surface area contributed by atoms with Gasteiger partial charge in [-0.15, -0.1) is 0 Å². The predicted octanol–water partition coefficient (Wildman–Crippen LogP) is 1.34. The third-order valence-electron chi connectivity index (χ3n) is 4.69. The maximum absolute atomic E-state index is 12.3. The van der Waals surface area contributed by atoms with Gasteiger partial charge >= 0.3 is 0 Å². The Balaban J connectivity index is 1.47. The topological polar surface area (TPSA) is 79.2 Å². The van der Waals surface area contributed by atoms with Gasteiger partial charge in [0.1, 0.15) is 6.33 Å². The van der Waals surface area contributed by atoms with Crippen molar-refractivity contribution in [1.29, 1.82) is 0 Å². The highest BCUT2D eigenvalue weighted by molar-refractivity contribution is 5.94. The van der Waals surface area contributed by atoms with Crippen LogP contribution in [0.25, 0.3) is 16.7 Å². The second-order valence-corrected chi connectivity index (χ2v) is 6.35. The zero-order valence-electron chi connectivity index (χ0n) is 13.7. The number of rotatable bonds is 4. The minimum absolute atomic E-state index is 0.0699. The maximum atomic E-state index is 12.3. The number of amides is 1. The summed E-state index contributed by atoms with van der Waals surface area (Å²) in [4.78, 5) is 16.7. The van der Waals surface area contributed by atoms with Crippen molar-refractivity contribution < 1.29 is 9.90 Å². The average molecular weight is 336 g/mol. The Bertz CT molecular complexity index is 888. The second kappa shape index (κ2) is 6.66. The van der Waals surface area contributed by atoms with Crippen LogP contribution in [-0.2, 0) is 0 Å². The van der Waals surface area contributed by atoms with Crippen LogP contribution in [0.5, 0.6) is 0 Å². The number of aliphatic hydroxyl groups excluding tert-OH is 1. The summed E-state index contributed by atoms with van der Waals surface area (Å²) in [5.41, 5.74) is 3.53. The van der Waals surface area contributed by atoms with E-state index in [1.54, 1.807) is 6.33 Å². The smallest absolute Gasteiger partial charge is 0.251 e. The number of carbonyl (C=O) groups excluding carboxylic acids is 1. The van der Waals surface area contributed by atoms with E-state index in [0.29, 0.717) is 18.7 Å². The van der Waals surface area contributed by atoms with Crippen LogP contribution >= 0.6 is 0 Å². The number of para-hydroxylation sites is 2. The van der Waals surface area contributed by atoms with Crippen LogP contribution in [0.2, 0.25) is 0 Å². The van der Waals surface area contributed by atoms with Gasteiger partial charge in [0, 0.05) is 36.8 Å². The fraction of sp³-hybridized carbons (Fsp3) is 0.263. The number of hydrogen-bond donors (Lipinski definition) is 3. The Morgan fingerprint density at radius 2 is 2.00 bits per heavy atom. The highest BCUT2D eigenvalue weighted by atomic mass is 16.3. The lowest BCUT2D eigenvalue weighted by atomic mass is 10.1. The number of carbonyl (C=O) groups is 1.